The van der Waals surface area contributed by atoms with E-state index in [1.54, 1.807) is 20.1 Å². The normalized spacial score (nSPS) is 22.2. The van der Waals surface area contributed by atoms with Gasteiger partial charge in [0.25, 0.3) is 0 Å². The molecule has 1 N–H and O–H groups in total. The van der Waals surface area contributed by atoms with Gasteiger partial charge in [0.1, 0.15) is 0 Å². The minimum atomic E-state index is -0.301. The molecule has 1 amide bonds. The highest BCUT2D eigenvalue weighted by Gasteiger charge is 2.34. The molecule has 0 spiro atoms. The van der Waals surface area contributed by atoms with Gasteiger partial charge in [0.05, 0.1) is 30.6 Å². The topological polar surface area (TPSA) is 76.8 Å². The number of ether oxygens (including phenoxy) is 2. The molecule has 0 unspecified atom stereocenters. The molecule has 118 valence electrons. The quantitative estimate of drug-likeness (QED) is 0.875. The fraction of sp³-hybridized carbons (Fsp3) is 0.714. The van der Waals surface area contributed by atoms with Crippen molar-refractivity contribution in [3.05, 3.63) is 11.8 Å². The molecule has 2 heterocycles. The Hall–Kier alpha value is -1.44. The van der Waals surface area contributed by atoms with Crippen molar-refractivity contribution >= 4 is 11.8 Å². The maximum atomic E-state index is 12.1. The Morgan fingerprint density at radius 3 is 3.00 bits per heavy atom. The number of anilines is 1. The standard InChI is InChI=1S/C14H23N3O4/c1-10-5-13(21-16-10)15-12(18)7-17-6-11(8-19-4)20-14(2,3)9-17/h5,11H,6-9H2,1-4H3,(H,15,18)/t11-/m0/s1. The second-order valence-electron chi connectivity index (χ2n) is 6.01. The van der Waals surface area contributed by atoms with E-state index < -0.39 is 0 Å². The van der Waals surface area contributed by atoms with Crippen LogP contribution >= 0.6 is 0 Å². The lowest BCUT2D eigenvalue weighted by molar-refractivity contribution is -0.154. The molecule has 7 heteroatoms. The molecule has 1 aromatic rings. The summed E-state index contributed by atoms with van der Waals surface area (Å²) in [5.41, 5.74) is 0.433. The molecular weight excluding hydrogens is 274 g/mol. The highest BCUT2D eigenvalue weighted by molar-refractivity contribution is 5.90. The number of amides is 1. The smallest absolute Gasteiger partial charge is 0.240 e. The zero-order chi connectivity index (χ0) is 15.5. The molecule has 7 nitrogen and oxygen atoms in total. The maximum absolute atomic E-state index is 12.1. The number of aryl methyl sites for hydroxylation is 1. The number of methoxy groups -OCH3 is 1. The highest BCUT2D eigenvalue weighted by Crippen LogP contribution is 2.21. The van der Waals surface area contributed by atoms with E-state index in [1.807, 2.05) is 13.8 Å². The molecule has 1 aliphatic heterocycles. The molecule has 2 rings (SSSR count). The predicted molar refractivity (Wildman–Crippen MR) is 77.1 cm³/mol. The van der Waals surface area contributed by atoms with E-state index in [0.29, 0.717) is 25.6 Å². The Labute approximate surface area is 124 Å². The van der Waals surface area contributed by atoms with Gasteiger partial charge in [0, 0.05) is 26.3 Å². The molecule has 0 aliphatic carbocycles. The lowest BCUT2D eigenvalue weighted by atomic mass is 10.1. The van der Waals surface area contributed by atoms with Crippen LogP contribution in [-0.4, -0.2) is 61.0 Å². The van der Waals surface area contributed by atoms with E-state index in [9.17, 15) is 4.79 Å². The van der Waals surface area contributed by atoms with Gasteiger partial charge in [0.2, 0.25) is 11.8 Å². The minimum absolute atomic E-state index is 0.0286. The van der Waals surface area contributed by atoms with Gasteiger partial charge in [-0.2, -0.15) is 0 Å². The lowest BCUT2D eigenvalue weighted by Crippen LogP contribution is -2.55. The third-order valence-electron chi connectivity index (χ3n) is 3.16. The van der Waals surface area contributed by atoms with Gasteiger partial charge >= 0.3 is 0 Å². The molecular formula is C14H23N3O4. The highest BCUT2D eigenvalue weighted by atomic mass is 16.5. The van der Waals surface area contributed by atoms with Crippen molar-refractivity contribution in [3.8, 4) is 0 Å². The number of rotatable bonds is 5. The molecule has 0 aromatic carbocycles. The third-order valence-corrected chi connectivity index (χ3v) is 3.16. The van der Waals surface area contributed by atoms with Crippen molar-refractivity contribution < 1.29 is 18.8 Å². The van der Waals surface area contributed by atoms with Crippen LogP contribution in [-0.2, 0) is 14.3 Å². The molecule has 1 fully saturated rings. The Morgan fingerprint density at radius 2 is 2.38 bits per heavy atom. The molecule has 21 heavy (non-hydrogen) atoms. The van der Waals surface area contributed by atoms with E-state index >= 15 is 0 Å². The summed E-state index contributed by atoms with van der Waals surface area (Å²) in [4.78, 5) is 14.1. The molecule has 1 aliphatic rings. The van der Waals surface area contributed by atoms with Gasteiger partial charge < -0.3 is 14.0 Å². The number of hydrogen-bond acceptors (Lipinski definition) is 6. The summed E-state index contributed by atoms with van der Waals surface area (Å²) >= 11 is 0. The second kappa shape index (κ2) is 6.55. The van der Waals surface area contributed by atoms with Crippen LogP contribution in [0.3, 0.4) is 0 Å². The zero-order valence-corrected chi connectivity index (χ0v) is 13.0. The average molecular weight is 297 g/mol. The molecule has 0 radical (unpaired) electrons. The van der Waals surface area contributed by atoms with Crippen LogP contribution < -0.4 is 5.32 Å². The van der Waals surface area contributed by atoms with Gasteiger partial charge in [-0.1, -0.05) is 5.16 Å². The lowest BCUT2D eigenvalue weighted by Gasteiger charge is -2.42. The maximum Gasteiger partial charge on any atom is 0.240 e. The number of hydrogen-bond donors (Lipinski definition) is 1. The van der Waals surface area contributed by atoms with E-state index in [4.69, 9.17) is 14.0 Å². The molecule has 1 atom stereocenters. The van der Waals surface area contributed by atoms with Crippen molar-refractivity contribution in [3.63, 3.8) is 0 Å². The van der Waals surface area contributed by atoms with Crippen LogP contribution in [0.1, 0.15) is 19.5 Å². The van der Waals surface area contributed by atoms with Crippen molar-refractivity contribution in [2.75, 3.05) is 38.7 Å². The number of carbonyl (C=O) groups excluding carboxylic acids is 1. The first-order chi connectivity index (χ1) is 9.88. The third kappa shape index (κ3) is 4.80. The van der Waals surface area contributed by atoms with Gasteiger partial charge in [-0.25, -0.2) is 0 Å². The summed E-state index contributed by atoms with van der Waals surface area (Å²) in [6, 6.07) is 1.69. The summed E-state index contributed by atoms with van der Waals surface area (Å²) in [5, 5.41) is 6.44. The zero-order valence-electron chi connectivity index (χ0n) is 13.0. The van der Waals surface area contributed by atoms with Crippen molar-refractivity contribution in [2.45, 2.75) is 32.5 Å². The summed E-state index contributed by atoms with van der Waals surface area (Å²) in [6.07, 6.45) is -0.0286. The summed E-state index contributed by atoms with van der Waals surface area (Å²) in [7, 11) is 1.65. The Bertz CT molecular complexity index is 486. The monoisotopic (exact) mass is 297 g/mol. The van der Waals surface area contributed by atoms with Crippen LogP contribution in [0.2, 0.25) is 0 Å². The van der Waals surface area contributed by atoms with Gasteiger partial charge in [-0.05, 0) is 20.8 Å². The Morgan fingerprint density at radius 1 is 1.62 bits per heavy atom. The van der Waals surface area contributed by atoms with E-state index in [1.165, 1.54) is 0 Å². The number of nitrogens with one attached hydrogen (secondary N) is 1. The van der Waals surface area contributed by atoms with E-state index in [-0.39, 0.29) is 24.2 Å². The number of aromatic nitrogens is 1. The summed E-state index contributed by atoms with van der Waals surface area (Å²) in [6.45, 7) is 7.99. The number of morpholine rings is 1. The average Bonchev–Trinajstić information content (AvgIpc) is 2.72. The van der Waals surface area contributed by atoms with Crippen molar-refractivity contribution in [1.82, 2.24) is 10.1 Å². The SMILES string of the molecule is COC[C@@H]1CN(CC(=O)Nc2cc(C)no2)CC(C)(C)O1. The van der Waals surface area contributed by atoms with Gasteiger partial charge in [-0.3, -0.25) is 15.0 Å². The first kappa shape index (κ1) is 15.9. The number of carbonyl (C=O) groups is 1. The van der Waals surface area contributed by atoms with Crippen molar-refractivity contribution in [2.24, 2.45) is 0 Å². The van der Waals surface area contributed by atoms with Gasteiger partial charge in [0.15, 0.2) is 0 Å². The first-order valence-corrected chi connectivity index (χ1v) is 7.00. The fourth-order valence-corrected chi connectivity index (χ4v) is 2.61. The second-order valence-corrected chi connectivity index (χ2v) is 6.01. The van der Waals surface area contributed by atoms with Crippen LogP contribution in [0.15, 0.2) is 10.6 Å². The van der Waals surface area contributed by atoms with Crippen LogP contribution in [0.25, 0.3) is 0 Å². The van der Waals surface area contributed by atoms with E-state index in [2.05, 4.69) is 15.4 Å². The first-order valence-electron chi connectivity index (χ1n) is 7.00. The van der Waals surface area contributed by atoms with Crippen LogP contribution in [0.4, 0.5) is 5.88 Å². The fourth-order valence-electron chi connectivity index (χ4n) is 2.61. The minimum Gasteiger partial charge on any atom is -0.382 e. The Balaban J connectivity index is 1.89. The predicted octanol–water partition coefficient (Wildman–Crippen LogP) is 1.05. The van der Waals surface area contributed by atoms with Crippen LogP contribution in [0, 0.1) is 6.92 Å². The molecule has 1 aromatic heterocycles. The summed E-state index contributed by atoms with van der Waals surface area (Å²) < 4.78 is 16.1. The van der Waals surface area contributed by atoms with Crippen LogP contribution in [0.5, 0.6) is 0 Å². The van der Waals surface area contributed by atoms with Gasteiger partial charge in [-0.15, -0.1) is 0 Å². The van der Waals surface area contributed by atoms with E-state index in [0.717, 1.165) is 5.69 Å². The largest absolute Gasteiger partial charge is 0.382 e. The molecule has 0 saturated carbocycles. The molecule has 1 saturated heterocycles. The van der Waals surface area contributed by atoms with Crippen molar-refractivity contribution in [1.29, 1.82) is 0 Å². The summed E-state index contributed by atoms with van der Waals surface area (Å²) in [5.74, 6) is 0.249. The number of nitrogens with zero attached hydrogens (tertiary/aromatic N) is 2. The molecule has 0 bridgehead atoms. The Kier molecular flexibility index (Phi) is 4.97.